The quantitative estimate of drug-likeness (QED) is 0.205. The first-order valence-electron chi connectivity index (χ1n) is 8.08. The van der Waals surface area contributed by atoms with Crippen LogP contribution in [0.2, 0.25) is 0 Å². The third-order valence-corrected chi connectivity index (χ3v) is 3.51. The van der Waals surface area contributed by atoms with Gasteiger partial charge in [0.05, 0.1) is 11.5 Å². The van der Waals surface area contributed by atoms with E-state index >= 15 is 0 Å². The minimum absolute atomic E-state index is 0. The summed E-state index contributed by atoms with van der Waals surface area (Å²) >= 11 is 0. The van der Waals surface area contributed by atoms with E-state index in [2.05, 4.69) is 15.6 Å². The number of guanidine groups is 1. The van der Waals surface area contributed by atoms with Crippen LogP contribution in [0.5, 0.6) is 5.75 Å². The topological polar surface area (TPSA) is 88.8 Å². The summed E-state index contributed by atoms with van der Waals surface area (Å²) in [5, 5.41) is 17.0. The predicted octanol–water partition coefficient (Wildman–Crippen LogP) is 3.48. The number of hydrogen-bond acceptors (Lipinski definition) is 4. The first-order chi connectivity index (χ1) is 12.5. The molecule has 9 heteroatoms. The zero-order valence-electron chi connectivity index (χ0n) is 15.0. The fraction of sp³-hybridized carbons (Fsp3) is 0.278. The SMILES string of the molecule is CN=C(NCc1cccc([N+](=O)[O-])c1)NCC(C)Oc1ccc(F)cc1.I. The van der Waals surface area contributed by atoms with E-state index < -0.39 is 4.92 Å². The Labute approximate surface area is 174 Å². The van der Waals surface area contributed by atoms with E-state index in [-0.39, 0.29) is 41.6 Å². The van der Waals surface area contributed by atoms with Crippen LogP contribution >= 0.6 is 24.0 Å². The smallest absolute Gasteiger partial charge is 0.269 e. The molecule has 7 nitrogen and oxygen atoms in total. The van der Waals surface area contributed by atoms with Crippen molar-refractivity contribution in [3.8, 4) is 5.75 Å². The van der Waals surface area contributed by atoms with Crippen molar-refractivity contribution in [1.29, 1.82) is 0 Å². The number of nitrogens with one attached hydrogen (secondary N) is 2. The molecule has 0 amide bonds. The zero-order valence-corrected chi connectivity index (χ0v) is 17.3. The Kier molecular flexibility index (Phi) is 9.48. The van der Waals surface area contributed by atoms with E-state index in [1.165, 1.54) is 24.3 Å². The van der Waals surface area contributed by atoms with Crippen molar-refractivity contribution in [3.63, 3.8) is 0 Å². The Hall–Kier alpha value is -2.43. The highest BCUT2D eigenvalue weighted by Crippen LogP contribution is 2.13. The lowest BCUT2D eigenvalue weighted by atomic mass is 10.2. The number of nitro benzene ring substituents is 1. The number of hydrogen-bond donors (Lipinski definition) is 2. The van der Waals surface area contributed by atoms with Crippen LogP contribution in [0.15, 0.2) is 53.5 Å². The summed E-state index contributed by atoms with van der Waals surface area (Å²) < 4.78 is 18.6. The predicted molar refractivity (Wildman–Crippen MR) is 113 cm³/mol. The van der Waals surface area contributed by atoms with Gasteiger partial charge < -0.3 is 15.4 Å². The molecule has 0 spiro atoms. The lowest BCUT2D eigenvalue weighted by Gasteiger charge is -2.17. The number of benzene rings is 2. The van der Waals surface area contributed by atoms with Crippen molar-refractivity contribution in [3.05, 3.63) is 70.0 Å². The molecule has 0 aliphatic rings. The lowest BCUT2D eigenvalue weighted by Crippen LogP contribution is -2.41. The Morgan fingerprint density at radius 2 is 1.96 bits per heavy atom. The fourth-order valence-corrected chi connectivity index (χ4v) is 2.21. The van der Waals surface area contributed by atoms with Crippen LogP contribution in [0.3, 0.4) is 0 Å². The summed E-state index contributed by atoms with van der Waals surface area (Å²) in [6.45, 7) is 2.75. The number of ether oxygens (including phenoxy) is 1. The largest absolute Gasteiger partial charge is 0.489 e. The third kappa shape index (κ3) is 7.77. The molecule has 0 bridgehead atoms. The van der Waals surface area contributed by atoms with Gasteiger partial charge in [0.2, 0.25) is 0 Å². The minimum atomic E-state index is -0.426. The van der Waals surface area contributed by atoms with Crippen molar-refractivity contribution >= 4 is 35.6 Å². The van der Waals surface area contributed by atoms with Crippen molar-refractivity contribution in [2.24, 2.45) is 4.99 Å². The van der Waals surface area contributed by atoms with Crippen LogP contribution in [0.25, 0.3) is 0 Å². The van der Waals surface area contributed by atoms with Gasteiger partial charge in [-0.15, -0.1) is 24.0 Å². The zero-order chi connectivity index (χ0) is 18.9. The summed E-state index contributed by atoms with van der Waals surface area (Å²) in [5.74, 6) is 0.820. The molecule has 0 aliphatic heterocycles. The molecule has 0 saturated heterocycles. The first kappa shape index (κ1) is 22.6. The second-order valence-electron chi connectivity index (χ2n) is 5.62. The van der Waals surface area contributed by atoms with Gasteiger partial charge in [-0.25, -0.2) is 4.39 Å². The van der Waals surface area contributed by atoms with Gasteiger partial charge in [-0.3, -0.25) is 15.1 Å². The Bertz CT molecular complexity index is 771. The molecule has 0 saturated carbocycles. The molecule has 146 valence electrons. The highest BCUT2D eigenvalue weighted by molar-refractivity contribution is 14.0. The molecule has 27 heavy (non-hydrogen) atoms. The van der Waals surface area contributed by atoms with E-state index in [1.54, 1.807) is 31.3 Å². The van der Waals surface area contributed by atoms with E-state index in [4.69, 9.17) is 4.74 Å². The van der Waals surface area contributed by atoms with E-state index in [0.29, 0.717) is 24.8 Å². The fourth-order valence-electron chi connectivity index (χ4n) is 2.21. The number of halogens is 2. The summed E-state index contributed by atoms with van der Waals surface area (Å²) in [6, 6.07) is 12.2. The third-order valence-electron chi connectivity index (χ3n) is 3.51. The second kappa shape index (κ2) is 11.3. The van der Waals surface area contributed by atoms with Gasteiger partial charge in [-0.2, -0.15) is 0 Å². The van der Waals surface area contributed by atoms with Crippen molar-refractivity contribution in [2.75, 3.05) is 13.6 Å². The lowest BCUT2D eigenvalue weighted by molar-refractivity contribution is -0.384. The Balaban J connectivity index is 0.00000364. The molecule has 2 aromatic carbocycles. The number of rotatable bonds is 7. The van der Waals surface area contributed by atoms with Gasteiger partial charge in [0.15, 0.2) is 5.96 Å². The highest BCUT2D eigenvalue weighted by Gasteiger charge is 2.08. The van der Waals surface area contributed by atoms with Crippen molar-refractivity contribution < 1.29 is 14.1 Å². The van der Waals surface area contributed by atoms with E-state index in [0.717, 1.165) is 5.56 Å². The average Bonchev–Trinajstić information content (AvgIpc) is 2.64. The van der Waals surface area contributed by atoms with Crippen molar-refractivity contribution in [2.45, 2.75) is 19.6 Å². The first-order valence-corrected chi connectivity index (χ1v) is 8.08. The maximum Gasteiger partial charge on any atom is 0.269 e. The molecule has 0 aromatic heterocycles. The van der Waals surface area contributed by atoms with Crippen LogP contribution in [-0.2, 0) is 6.54 Å². The molecule has 2 aromatic rings. The molecule has 0 aliphatic carbocycles. The van der Waals surface area contributed by atoms with Crippen LogP contribution < -0.4 is 15.4 Å². The van der Waals surface area contributed by atoms with Crippen LogP contribution in [0.1, 0.15) is 12.5 Å². The maximum absolute atomic E-state index is 12.9. The summed E-state index contributed by atoms with van der Waals surface area (Å²) in [5.41, 5.74) is 0.825. The van der Waals surface area contributed by atoms with Gasteiger partial charge >= 0.3 is 0 Å². The monoisotopic (exact) mass is 488 g/mol. The van der Waals surface area contributed by atoms with Gasteiger partial charge in [0, 0.05) is 25.7 Å². The number of nitrogens with zero attached hydrogens (tertiary/aromatic N) is 2. The van der Waals surface area contributed by atoms with Crippen LogP contribution in [-0.4, -0.2) is 30.6 Å². The molecular formula is C18H22FIN4O3. The van der Waals surface area contributed by atoms with Crippen molar-refractivity contribution in [1.82, 2.24) is 10.6 Å². The summed E-state index contributed by atoms with van der Waals surface area (Å²) in [7, 11) is 1.63. The van der Waals surface area contributed by atoms with E-state index in [9.17, 15) is 14.5 Å². The Morgan fingerprint density at radius 1 is 1.26 bits per heavy atom. The van der Waals surface area contributed by atoms with Gasteiger partial charge in [0.25, 0.3) is 5.69 Å². The molecule has 0 radical (unpaired) electrons. The van der Waals surface area contributed by atoms with Crippen LogP contribution in [0, 0.1) is 15.9 Å². The standard InChI is InChI=1S/C18H21FN4O3.HI/c1-13(26-17-8-6-15(19)7-9-17)11-21-18(20-2)22-12-14-4-3-5-16(10-14)23(24)25;/h3-10,13H,11-12H2,1-2H3,(H2,20,21,22);1H. The van der Waals surface area contributed by atoms with Crippen LogP contribution in [0.4, 0.5) is 10.1 Å². The maximum atomic E-state index is 12.9. The van der Waals surface area contributed by atoms with Gasteiger partial charge in [-0.05, 0) is 36.8 Å². The van der Waals surface area contributed by atoms with E-state index in [1.807, 2.05) is 6.92 Å². The number of aliphatic imine (C=N–C) groups is 1. The molecular weight excluding hydrogens is 466 g/mol. The van der Waals surface area contributed by atoms with Gasteiger partial charge in [-0.1, -0.05) is 12.1 Å². The minimum Gasteiger partial charge on any atom is -0.489 e. The number of nitro groups is 1. The molecule has 0 heterocycles. The molecule has 2 N–H and O–H groups in total. The van der Waals surface area contributed by atoms with Gasteiger partial charge in [0.1, 0.15) is 17.7 Å². The molecule has 1 atom stereocenters. The normalized spacial score (nSPS) is 11.9. The molecule has 0 fully saturated rings. The second-order valence-corrected chi connectivity index (χ2v) is 5.62. The molecule has 1 unspecified atom stereocenters. The summed E-state index contributed by atoms with van der Waals surface area (Å²) in [4.78, 5) is 14.5. The average molecular weight is 488 g/mol. The Morgan fingerprint density at radius 3 is 2.59 bits per heavy atom. The molecule has 2 rings (SSSR count). The number of non-ortho nitro benzene ring substituents is 1. The summed E-state index contributed by atoms with van der Waals surface area (Å²) in [6.07, 6.45) is -0.170. The highest BCUT2D eigenvalue weighted by atomic mass is 127.